The van der Waals surface area contributed by atoms with E-state index in [9.17, 15) is 24.9 Å². The Kier molecular flexibility index (Phi) is 6.84. The summed E-state index contributed by atoms with van der Waals surface area (Å²) in [4.78, 5) is 24.8. The van der Waals surface area contributed by atoms with Crippen LogP contribution in [0, 0.1) is 28.6 Å². The van der Waals surface area contributed by atoms with Gasteiger partial charge in [0.1, 0.15) is 19.0 Å². The number of carbonyl (C=O) groups is 2. The molecule has 0 unspecified atom stereocenters. The average molecular weight is 549 g/mol. The zero-order valence-electron chi connectivity index (χ0n) is 23.3. The Morgan fingerprint density at radius 3 is 2.54 bits per heavy atom. The van der Waals surface area contributed by atoms with E-state index in [1.54, 1.807) is 20.1 Å². The highest BCUT2D eigenvalue weighted by Gasteiger charge is 2.71. The minimum Gasteiger partial charge on any atom is -0.458 e. The summed E-state index contributed by atoms with van der Waals surface area (Å²) in [7, 11) is 1.57. The highest BCUT2D eigenvalue weighted by molar-refractivity contribution is 5.85. The third kappa shape index (κ3) is 3.94. The maximum Gasteiger partial charge on any atom is 0.331 e. The molecule has 0 aromatic heterocycles. The fourth-order valence-electron chi connectivity index (χ4n) is 9.98. The van der Waals surface area contributed by atoms with Crippen LogP contribution < -0.4 is 0 Å². The van der Waals surface area contributed by atoms with Gasteiger partial charge in [0, 0.05) is 31.4 Å². The first-order valence-corrected chi connectivity index (χ1v) is 14.8. The van der Waals surface area contributed by atoms with E-state index in [0.717, 1.165) is 31.1 Å². The molecular formula is C30H44O9. The minimum absolute atomic E-state index is 0.0827. The van der Waals surface area contributed by atoms with Crippen molar-refractivity contribution in [3.05, 3.63) is 11.6 Å². The van der Waals surface area contributed by atoms with Crippen LogP contribution in [0.3, 0.4) is 0 Å². The molecule has 6 aliphatic rings. The second kappa shape index (κ2) is 9.60. The number of hydrogen-bond acceptors (Lipinski definition) is 9. The van der Waals surface area contributed by atoms with Crippen LogP contribution in [-0.2, 0) is 28.5 Å². The van der Waals surface area contributed by atoms with Crippen LogP contribution in [0.4, 0.5) is 0 Å². The maximum absolute atomic E-state index is 13.0. The van der Waals surface area contributed by atoms with E-state index in [2.05, 4.69) is 6.92 Å². The molecule has 0 spiro atoms. The molecule has 39 heavy (non-hydrogen) atoms. The summed E-state index contributed by atoms with van der Waals surface area (Å²) in [6, 6.07) is 0. The van der Waals surface area contributed by atoms with Crippen molar-refractivity contribution in [2.24, 2.45) is 28.6 Å². The zero-order valence-corrected chi connectivity index (χ0v) is 23.3. The van der Waals surface area contributed by atoms with E-state index in [0.29, 0.717) is 51.6 Å². The number of hydrogen-bond donors (Lipinski definition) is 3. The van der Waals surface area contributed by atoms with Crippen LogP contribution in [0.2, 0.25) is 0 Å². The molecule has 2 aliphatic heterocycles. The van der Waals surface area contributed by atoms with Gasteiger partial charge in [-0.25, -0.2) is 4.79 Å². The Morgan fingerprint density at radius 1 is 1.08 bits per heavy atom. The smallest absolute Gasteiger partial charge is 0.331 e. The molecule has 0 radical (unpaired) electrons. The van der Waals surface area contributed by atoms with Gasteiger partial charge in [0.05, 0.1) is 34.9 Å². The van der Waals surface area contributed by atoms with Gasteiger partial charge in [0.2, 0.25) is 0 Å². The number of cyclic esters (lactones) is 1. The van der Waals surface area contributed by atoms with Crippen molar-refractivity contribution in [3.8, 4) is 0 Å². The highest BCUT2D eigenvalue weighted by atomic mass is 16.7. The van der Waals surface area contributed by atoms with Crippen LogP contribution >= 0.6 is 0 Å². The lowest BCUT2D eigenvalue weighted by Crippen LogP contribution is -2.69. The van der Waals surface area contributed by atoms with Gasteiger partial charge in [-0.2, -0.15) is 0 Å². The van der Waals surface area contributed by atoms with Crippen molar-refractivity contribution in [1.29, 1.82) is 0 Å². The second-order valence-corrected chi connectivity index (χ2v) is 13.5. The lowest BCUT2D eigenvalue weighted by Gasteiger charge is -2.65. The molecule has 2 heterocycles. The van der Waals surface area contributed by atoms with Crippen molar-refractivity contribution in [1.82, 2.24) is 0 Å². The highest BCUT2D eigenvalue weighted by Crippen LogP contribution is 2.70. The number of methoxy groups -OCH3 is 1. The largest absolute Gasteiger partial charge is 0.458 e. The SMILES string of the molecule is CO[C@@H]1C[C@H](O[C@H]2CC[C@]3(C=O)[C@H]4CC[C@]5(C)[C@@H](C6=CC(=O)OC6)CC[C@]5(O)[C@H]4CC[C@]3(O)C2)O[C@H](C)[C@H]1O. The summed E-state index contributed by atoms with van der Waals surface area (Å²) in [6.07, 6.45) is 6.10. The van der Waals surface area contributed by atoms with Crippen LogP contribution in [0.1, 0.15) is 78.1 Å². The maximum atomic E-state index is 13.0. The predicted octanol–water partition coefficient (Wildman–Crippen LogP) is 2.43. The Morgan fingerprint density at radius 2 is 1.85 bits per heavy atom. The molecule has 0 amide bonds. The molecule has 9 nitrogen and oxygen atoms in total. The van der Waals surface area contributed by atoms with Crippen molar-refractivity contribution in [3.63, 3.8) is 0 Å². The Bertz CT molecular complexity index is 1030. The molecule has 1 saturated heterocycles. The molecule has 5 fully saturated rings. The van der Waals surface area contributed by atoms with E-state index < -0.39 is 40.5 Å². The van der Waals surface area contributed by atoms with Gasteiger partial charge < -0.3 is 39.1 Å². The number of aldehydes is 1. The van der Waals surface area contributed by atoms with Gasteiger partial charge in [-0.3, -0.25) is 0 Å². The molecule has 6 rings (SSSR count). The van der Waals surface area contributed by atoms with Gasteiger partial charge in [-0.05, 0) is 81.6 Å². The number of rotatable bonds is 5. The molecule has 3 N–H and O–H groups in total. The lowest BCUT2D eigenvalue weighted by molar-refractivity contribution is -0.287. The third-order valence-corrected chi connectivity index (χ3v) is 12.1. The predicted molar refractivity (Wildman–Crippen MR) is 138 cm³/mol. The van der Waals surface area contributed by atoms with E-state index in [-0.39, 0.29) is 35.9 Å². The number of fused-ring (bicyclic) bond motifs is 5. The third-order valence-electron chi connectivity index (χ3n) is 12.1. The molecule has 12 atom stereocenters. The van der Waals surface area contributed by atoms with E-state index in [1.165, 1.54) is 0 Å². The zero-order chi connectivity index (χ0) is 27.8. The summed E-state index contributed by atoms with van der Waals surface area (Å²) in [5.41, 5.74) is -2.52. The van der Waals surface area contributed by atoms with Crippen LogP contribution in [0.15, 0.2) is 11.6 Å². The van der Waals surface area contributed by atoms with E-state index in [1.807, 2.05) is 0 Å². The summed E-state index contributed by atoms with van der Waals surface area (Å²) in [5, 5.41) is 34.8. The molecular weight excluding hydrogens is 504 g/mol. The molecule has 4 saturated carbocycles. The first kappa shape index (κ1) is 27.8. The number of aliphatic hydroxyl groups is 3. The van der Waals surface area contributed by atoms with Gasteiger partial charge in [-0.1, -0.05) is 6.92 Å². The fraction of sp³-hybridized carbons (Fsp3) is 0.867. The average Bonchev–Trinajstić information content (AvgIpc) is 3.45. The van der Waals surface area contributed by atoms with Gasteiger partial charge in [0.25, 0.3) is 0 Å². The summed E-state index contributed by atoms with van der Waals surface area (Å²) in [6.45, 7) is 4.25. The van der Waals surface area contributed by atoms with Crippen LogP contribution in [0.5, 0.6) is 0 Å². The first-order valence-electron chi connectivity index (χ1n) is 14.8. The number of ether oxygens (including phenoxy) is 4. The molecule has 0 bridgehead atoms. The lowest BCUT2D eigenvalue weighted by atomic mass is 9.41. The monoisotopic (exact) mass is 548 g/mol. The molecule has 4 aliphatic carbocycles. The van der Waals surface area contributed by atoms with Crippen LogP contribution in [0.25, 0.3) is 0 Å². The first-order chi connectivity index (χ1) is 18.5. The van der Waals surface area contributed by atoms with Gasteiger partial charge >= 0.3 is 5.97 Å². The number of carbonyl (C=O) groups excluding carboxylic acids is 2. The van der Waals surface area contributed by atoms with E-state index >= 15 is 0 Å². The molecule has 9 heteroatoms. The van der Waals surface area contributed by atoms with Gasteiger partial charge in [0.15, 0.2) is 6.29 Å². The van der Waals surface area contributed by atoms with Crippen molar-refractivity contribution >= 4 is 12.3 Å². The minimum atomic E-state index is -1.21. The number of aliphatic hydroxyl groups excluding tert-OH is 1. The Balaban J connectivity index is 1.21. The summed E-state index contributed by atoms with van der Waals surface area (Å²) < 4.78 is 22.9. The molecule has 218 valence electrons. The number of esters is 1. The second-order valence-electron chi connectivity index (χ2n) is 13.5. The quantitative estimate of drug-likeness (QED) is 0.269. The Hall–Kier alpha value is -1.36. The Labute approximate surface area is 230 Å². The van der Waals surface area contributed by atoms with Crippen molar-refractivity contribution < 1.29 is 43.9 Å². The van der Waals surface area contributed by atoms with Crippen LogP contribution in [-0.4, -0.2) is 83.2 Å². The molecule has 0 aromatic rings. The summed E-state index contributed by atoms with van der Waals surface area (Å²) >= 11 is 0. The molecule has 0 aromatic carbocycles. The van der Waals surface area contributed by atoms with Crippen molar-refractivity contribution in [2.45, 2.75) is 120 Å². The summed E-state index contributed by atoms with van der Waals surface area (Å²) in [5.74, 6) is -0.420. The van der Waals surface area contributed by atoms with Crippen molar-refractivity contribution in [2.75, 3.05) is 13.7 Å². The normalized spacial score (nSPS) is 53.3. The van der Waals surface area contributed by atoms with Gasteiger partial charge in [-0.15, -0.1) is 0 Å². The van der Waals surface area contributed by atoms with E-state index in [4.69, 9.17) is 18.9 Å². The topological polar surface area (TPSA) is 132 Å². The standard InChI is InChI=1S/C30H44O9/c1-17-26(33)23(36-3)13-25(38-17)39-19-4-9-28(16-31)21-5-8-27(2)20(18-12-24(32)37-15-18)7-11-30(27,35)22(21)6-10-29(28,34)14-19/h12,16-17,19-23,25-26,33-35H,4-11,13-15H2,1-3H3/t17-,19+,20-,21+,22+,23-,25+,26-,27-,28+,29+,30+/m1/s1. The fourth-order valence-corrected chi connectivity index (χ4v) is 9.98.